The molecular formula is C12H16F2O2. The Morgan fingerprint density at radius 2 is 1.88 bits per heavy atom. The summed E-state index contributed by atoms with van der Waals surface area (Å²) in [5.74, 6) is 0.175. The Balaban J connectivity index is 2.39. The summed E-state index contributed by atoms with van der Waals surface area (Å²) in [6.07, 6.45) is 2.17. The van der Waals surface area contributed by atoms with Gasteiger partial charge in [-0.2, -0.15) is 8.78 Å². The fourth-order valence-corrected chi connectivity index (χ4v) is 1.44. The lowest BCUT2D eigenvalue weighted by Crippen LogP contribution is -2.02. The summed E-state index contributed by atoms with van der Waals surface area (Å²) in [5, 5.41) is 9.07. The second-order valence-electron chi connectivity index (χ2n) is 3.76. The average molecular weight is 230 g/mol. The second kappa shape index (κ2) is 6.43. The minimum atomic E-state index is -2.78. The molecule has 1 N–H and O–H groups in total. The monoisotopic (exact) mass is 230 g/mol. The van der Waals surface area contributed by atoms with Gasteiger partial charge in [-0.05, 0) is 43.9 Å². The Hall–Kier alpha value is -1.16. The van der Waals surface area contributed by atoms with Gasteiger partial charge in [-0.3, -0.25) is 0 Å². The maximum atomic E-state index is 11.9. The molecule has 0 spiro atoms. The van der Waals surface area contributed by atoms with E-state index < -0.39 is 6.61 Å². The predicted molar refractivity (Wildman–Crippen MR) is 57.7 cm³/mol. The van der Waals surface area contributed by atoms with E-state index in [2.05, 4.69) is 4.74 Å². The number of alkyl halides is 2. The number of aryl methyl sites for hydroxylation is 1. The average Bonchev–Trinajstić information content (AvgIpc) is 2.19. The molecule has 0 radical (unpaired) electrons. The van der Waals surface area contributed by atoms with Crippen molar-refractivity contribution in [3.63, 3.8) is 0 Å². The SMILES string of the molecule is CC(O)CCCc1ccc(OC(F)F)cc1. The van der Waals surface area contributed by atoms with Crippen LogP contribution in [0, 0.1) is 0 Å². The third kappa shape index (κ3) is 5.07. The maximum Gasteiger partial charge on any atom is 0.387 e. The van der Waals surface area contributed by atoms with Crippen LogP contribution in [-0.2, 0) is 6.42 Å². The number of hydrogen-bond acceptors (Lipinski definition) is 2. The molecule has 0 fully saturated rings. The number of halogens is 2. The number of rotatable bonds is 6. The fraction of sp³-hybridized carbons (Fsp3) is 0.500. The highest BCUT2D eigenvalue weighted by molar-refractivity contribution is 5.27. The van der Waals surface area contributed by atoms with E-state index in [-0.39, 0.29) is 11.9 Å². The Kier molecular flexibility index (Phi) is 5.19. The lowest BCUT2D eigenvalue weighted by molar-refractivity contribution is -0.0498. The summed E-state index contributed by atoms with van der Waals surface area (Å²) in [5.41, 5.74) is 1.06. The molecule has 0 aliphatic heterocycles. The smallest absolute Gasteiger partial charge is 0.387 e. The van der Waals surface area contributed by atoms with Crippen LogP contribution in [0.15, 0.2) is 24.3 Å². The zero-order valence-electron chi connectivity index (χ0n) is 9.20. The zero-order chi connectivity index (χ0) is 12.0. The van der Waals surface area contributed by atoms with Crippen molar-refractivity contribution >= 4 is 0 Å². The van der Waals surface area contributed by atoms with Gasteiger partial charge in [-0.25, -0.2) is 0 Å². The van der Waals surface area contributed by atoms with Crippen LogP contribution < -0.4 is 4.74 Å². The number of ether oxygens (including phenoxy) is 1. The van der Waals surface area contributed by atoms with E-state index in [0.717, 1.165) is 24.8 Å². The molecule has 0 aromatic heterocycles. The van der Waals surface area contributed by atoms with E-state index in [1.165, 1.54) is 12.1 Å². The molecule has 1 unspecified atom stereocenters. The normalized spacial score (nSPS) is 12.8. The minimum Gasteiger partial charge on any atom is -0.435 e. The first-order valence-electron chi connectivity index (χ1n) is 5.29. The molecule has 2 nitrogen and oxygen atoms in total. The Labute approximate surface area is 93.9 Å². The molecule has 1 atom stereocenters. The highest BCUT2D eigenvalue weighted by Crippen LogP contribution is 2.16. The third-order valence-electron chi connectivity index (χ3n) is 2.24. The number of hydrogen-bond donors (Lipinski definition) is 1. The van der Waals surface area contributed by atoms with Crippen molar-refractivity contribution in [1.29, 1.82) is 0 Å². The van der Waals surface area contributed by atoms with E-state index in [0.29, 0.717) is 0 Å². The summed E-state index contributed by atoms with van der Waals surface area (Å²) < 4.78 is 28.0. The molecule has 0 heterocycles. The third-order valence-corrected chi connectivity index (χ3v) is 2.24. The lowest BCUT2D eigenvalue weighted by Gasteiger charge is -2.06. The van der Waals surface area contributed by atoms with Crippen molar-refractivity contribution in [3.8, 4) is 5.75 Å². The van der Waals surface area contributed by atoms with Crippen LogP contribution in [0.5, 0.6) is 5.75 Å². The maximum absolute atomic E-state index is 11.9. The quantitative estimate of drug-likeness (QED) is 0.814. The molecule has 90 valence electrons. The van der Waals surface area contributed by atoms with Crippen LogP contribution in [-0.4, -0.2) is 17.8 Å². The highest BCUT2D eigenvalue weighted by Gasteiger charge is 2.03. The van der Waals surface area contributed by atoms with Gasteiger partial charge in [0.2, 0.25) is 0 Å². The Morgan fingerprint density at radius 1 is 1.25 bits per heavy atom. The topological polar surface area (TPSA) is 29.5 Å². The van der Waals surface area contributed by atoms with Gasteiger partial charge in [0.15, 0.2) is 0 Å². The molecule has 16 heavy (non-hydrogen) atoms. The van der Waals surface area contributed by atoms with Crippen molar-refractivity contribution in [2.75, 3.05) is 0 Å². The first kappa shape index (κ1) is 12.9. The molecule has 0 bridgehead atoms. The lowest BCUT2D eigenvalue weighted by atomic mass is 10.1. The van der Waals surface area contributed by atoms with Gasteiger partial charge >= 0.3 is 6.61 Å². The van der Waals surface area contributed by atoms with Crippen molar-refractivity contribution < 1.29 is 18.6 Å². The summed E-state index contributed by atoms with van der Waals surface area (Å²) in [6, 6.07) is 6.59. The predicted octanol–water partition coefficient (Wildman–Crippen LogP) is 2.99. The fourth-order valence-electron chi connectivity index (χ4n) is 1.44. The Morgan fingerprint density at radius 3 is 2.38 bits per heavy atom. The number of benzene rings is 1. The molecular weight excluding hydrogens is 214 g/mol. The molecule has 0 aliphatic carbocycles. The van der Waals surface area contributed by atoms with Gasteiger partial charge in [-0.1, -0.05) is 12.1 Å². The molecule has 1 rings (SSSR count). The first-order valence-corrected chi connectivity index (χ1v) is 5.29. The summed E-state index contributed by atoms with van der Waals surface area (Å²) in [4.78, 5) is 0. The van der Waals surface area contributed by atoms with E-state index in [1.807, 2.05) is 0 Å². The molecule has 0 aliphatic rings. The second-order valence-corrected chi connectivity index (χ2v) is 3.76. The molecule has 0 saturated carbocycles. The standard InChI is InChI=1S/C12H16F2O2/c1-9(15)3-2-4-10-5-7-11(8-6-10)16-12(13)14/h5-9,12,15H,2-4H2,1H3. The summed E-state index contributed by atoms with van der Waals surface area (Å²) >= 11 is 0. The van der Waals surface area contributed by atoms with Crippen molar-refractivity contribution in [2.24, 2.45) is 0 Å². The van der Waals surface area contributed by atoms with Crippen molar-refractivity contribution in [1.82, 2.24) is 0 Å². The van der Waals surface area contributed by atoms with Crippen LogP contribution in [0.3, 0.4) is 0 Å². The van der Waals surface area contributed by atoms with Gasteiger partial charge in [0.1, 0.15) is 5.75 Å². The van der Waals surface area contributed by atoms with Crippen molar-refractivity contribution in [3.05, 3.63) is 29.8 Å². The van der Waals surface area contributed by atoms with Crippen LogP contribution in [0.4, 0.5) is 8.78 Å². The summed E-state index contributed by atoms with van der Waals surface area (Å²) in [6.45, 7) is -1.03. The molecule has 1 aromatic rings. The largest absolute Gasteiger partial charge is 0.435 e. The number of aliphatic hydroxyl groups is 1. The zero-order valence-corrected chi connectivity index (χ0v) is 9.20. The van der Waals surface area contributed by atoms with Gasteiger partial charge in [0.25, 0.3) is 0 Å². The van der Waals surface area contributed by atoms with Crippen LogP contribution in [0.1, 0.15) is 25.3 Å². The Bertz CT molecular complexity index is 296. The minimum absolute atomic E-state index is 0.175. The van der Waals surface area contributed by atoms with Gasteiger partial charge in [0, 0.05) is 0 Å². The molecule has 0 saturated heterocycles. The van der Waals surface area contributed by atoms with E-state index in [9.17, 15) is 8.78 Å². The summed E-state index contributed by atoms with van der Waals surface area (Å²) in [7, 11) is 0. The number of aliphatic hydroxyl groups excluding tert-OH is 1. The van der Waals surface area contributed by atoms with E-state index in [4.69, 9.17) is 5.11 Å². The van der Waals surface area contributed by atoms with Crippen molar-refractivity contribution in [2.45, 2.75) is 38.9 Å². The van der Waals surface area contributed by atoms with Crippen LogP contribution in [0.25, 0.3) is 0 Å². The van der Waals surface area contributed by atoms with E-state index in [1.54, 1.807) is 19.1 Å². The molecule has 4 heteroatoms. The molecule has 0 amide bonds. The van der Waals surface area contributed by atoms with Crippen LogP contribution in [0.2, 0.25) is 0 Å². The van der Waals surface area contributed by atoms with Gasteiger partial charge in [0.05, 0.1) is 6.10 Å². The molecule has 1 aromatic carbocycles. The van der Waals surface area contributed by atoms with Gasteiger partial charge < -0.3 is 9.84 Å². The first-order chi connectivity index (χ1) is 7.58. The highest BCUT2D eigenvalue weighted by atomic mass is 19.3. The van der Waals surface area contributed by atoms with E-state index >= 15 is 0 Å². The van der Waals surface area contributed by atoms with Crippen LogP contribution >= 0.6 is 0 Å². The van der Waals surface area contributed by atoms with Gasteiger partial charge in [-0.15, -0.1) is 0 Å².